The molecule has 1 heterocycles. The van der Waals surface area contributed by atoms with Crippen LogP contribution >= 0.6 is 0 Å². The molecule has 0 saturated carbocycles. The maximum absolute atomic E-state index is 12.8. The lowest BCUT2D eigenvalue weighted by Gasteiger charge is -2.15. The van der Waals surface area contributed by atoms with Crippen molar-refractivity contribution < 1.29 is 17.9 Å². The fourth-order valence-electron chi connectivity index (χ4n) is 1.68. The molecule has 0 radical (unpaired) electrons. The van der Waals surface area contributed by atoms with Gasteiger partial charge in [0.15, 0.2) is 0 Å². The second-order valence-corrected chi connectivity index (χ2v) is 4.38. The van der Waals surface area contributed by atoms with Crippen molar-refractivity contribution in [2.24, 2.45) is 4.99 Å². The number of alkyl halides is 3. The third-order valence-electron chi connectivity index (χ3n) is 2.40. The Kier molecular flexibility index (Phi) is 3.66. The van der Waals surface area contributed by atoms with Crippen LogP contribution in [0.3, 0.4) is 0 Å². The number of amidine groups is 1. The summed E-state index contributed by atoms with van der Waals surface area (Å²) in [5.41, 5.74) is 5.01. The van der Waals surface area contributed by atoms with Crippen molar-refractivity contribution in [2.75, 3.05) is 6.67 Å². The van der Waals surface area contributed by atoms with E-state index in [0.29, 0.717) is 18.1 Å². The van der Waals surface area contributed by atoms with Gasteiger partial charge in [-0.3, -0.25) is 0 Å². The van der Waals surface area contributed by atoms with Gasteiger partial charge in [0.25, 0.3) is 0 Å². The van der Waals surface area contributed by atoms with Crippen molar-refractivity contribution in [3.05, 3.63) is 29.3 Å². The smallest absolute Gasteiger partial charge is 0.416 e. The number of ether oxygens (including phenoxy) is 1. The van der Waals surface area contributed by atoms with Crippen molar-refractivity contribution >= 4 is 5.84 Å². The molecule has 7 heteroatoms. The fourth-order valence-corrected chi connectivity index (χ4v) is 1.68. The summed E-state index contributed by atoms with van der Waals surface area (Å²) < 4.78 is 43.9. The fraction of sp³-hybridized carbons (Fsp3) is 0.417. The lowest BCUT2D eigenvalue weighted by molar-refractivity contribution is -0.137. The van der Waals surface area contributed by atoms with Crippen LogP contribution in [0.1, 0.15) is 25.0 Å². The zero-order chi connectivity index (χ0) is 14.0. The molecule has 2 N–H and O–H groups in total. The highest BCUT2D eigenvalue weighted by atomic mass is 19.4. The molecule has 0 fully saturated rings. The van der Waals surface area contributed by atoms with Gasteiger partial charge in [0.2, 0.25) is 0 Å². The Morgan fingerprint density at radius 3 is 2.53 bits per heavy atom. The van der Waals surface area contributed by atoms with Gasteiger partial charge in [0.1, 0.15) is 18.3 Å². The highest BCUT2D eigenvalue weighted by molar-refractivity contribution is 5.99. The molecule has 1 aliphatic rings. The van der Waals surface area contributed by atoms with Crippen LogP contribution in [0.25, 0.3) is 0 Å². The van der Waals surface area contributed by atoms with E-state index >= 15 is 0 Å². The minimum atomic E-state index is -4.42. The van der Waals surface area contributed by atoms with Gasteiger partial charge in [0, 0.05) is 5.56 Å². The van der Waals surface area contributed by atoms with E-state index in [2.05, 4.69) is 15.8 Å². The number of hydrogen-bond donors (Lipinski definition) is 2. The SMILES string of the molecule is CC(C)Oc1cc(C2=NCNN2)cc(C(F)(F)F)c1. The highest BCUT2D eigenvalue weighted by Gasteiger charge is 2.32. The molecule has 4 nitrogen and oxygen atoms in total. The van der Waals surface area contributed by atoms with Gasteiger partial charge in [-0.05, 0) is 32.0 Å². The summed E-state index contributed by atoms with van der Waals surface area (Å²) >= 11 is 0. The number of rotatable bonds is 3. The Morgan fingerprint density at radius 1 is 1.26 bits per heavy atom. The number of nitrogens with zero attached hydrogens (tertiary/aromatic N) is 1. The first-order chi connectivity index (χ1) is 8.86. The molecule has 1 aromatic carbocycles. The maximum atomic E-state index is 12.8. The molecular weight excluding hydrogens is 259 g/mol. The molecule has 19 heavy (non-hydrogen) atoms. The van der Waals surface area contributed by atoms with Gasteiger partial charge < -0.3 is 10.2 Å². The van der Waals surface area contributed by atoms with Crippen molar-refractivity contribution in [1.29, 1.82) is 0 Å². The topological polar surface area (TPSA) is 45.6 Å². The van der Waals surface area contributed by atoms with E-state index in [4.69, 9.17) is 4.74 Å². The van der Waals surface area contributed by atoms with E-state index in [1.165, 1.54) is 6.07 Å². The van der Waals surface area contributed by atoms with Crippen LogP contribution in [-0.2, 0) is 6.18 Å². The van der Waals surface area contributed by atoms with Crippen LogP contribution in [0.4, 0.5) is 13.2 Å². The minimum absolute atomic E-state index is 0.177. The Bertz CT molecular complexity index is 497. The average Bonchev–Trinajstić information content (AvgIpc) is 2.79. The van der Waals surface area contributed by atoms with Crippen LogP contribution < -0.4 is 15.6 Å². The number of hydrogen-bond acceptors (Lipinski definition) is 4. The lowest BCUT2D eigenvalue weighted by Crippen LogP contribution is -2.30. The van der Waals surface area contributed by atoms with E-state index in [1.807, 2.05) is 0 Å². The molecule has 1 aromatic rings. The summed E-state index contributed by atoms with van der Waals surface area (Å²) in [6.07, 6.45) is -4.62. The van der Waals surface area contributed by atoms with Gasteiger partial charge in [-0.1, -0.05) is 0 Å². The van der Waals surface area contributed by atoms with Gasteiger partial charge in [-0.25, -0.2) is 10.4 Å². The van der Waals surface area contributed by atoms with E-state index in [1.54, 1.807) is 13.8 Å². The molecule has 104 valence electrons. The maximum Gasteiger partial charge on any atom is 0.416 e. The van der Waals surface area contributed by atoms with Gasteiger partial charge in [-0.2, -0.15) is 13.2 Å². The second kappa shape index (κ2) is 5.08. The van der Waals surface area contributed by atoms with E-state index in [-0.39, 0.29) is 11.9 Å². The van der Waals surface area contributed by atoms with Crippen molar-refractivity contribution in [3.8, 4) is 5.75 Å². The number of aliphatic imine (C=N–C) groups is 1. The molecule has 0 bridgehead atoms. The Labute approximate surface area is 108 Å². The van der Waals surface area contributed by atoms with E-state index < -0.39 is 11.7 Å². The summed E-state index contributed by atoms with van der Waals surface area (Å²) in [5.74, 6) is 0.552. The Hall–Kier alpha value is -1.76. The molecule has 0 aliphatic carbocycles. The first kappa shape index (κ1) is 13.7. The third-order valence-corrected chi connectivity index (χ3v) is 2.40. The highest BCUT2D eigenvalue weighted by Crippen LogP contribution is 2.33. The van der Waals surface area contributed by atoms with Crippen molar-refractivity contribution in [3.63, 3.8) is 0 Å². The summed E-state index contributed by atoms with van der Waals surface area (Å²) in [4.78, 5) is 4.02. The second-order valence-electron chi connectivity index (χ2n) is 4.38. The van der Waals surface area contributed by atoms with Crippen molar-refractivity contribution in [2.45, 2.75) is 26.1 Å². The molecular formula is C12H14F3N3O. The molecule has 0 unspecified atom stereocenters. The van der Waals surface area contributed by atoms with Crippen molar-refractivity contribution in [1.82, 2.24) is 10.9 Å². The zero-order valence-corrected chi connectivity index (χ0v) is 10.5. The summed E-state index contributed by atoms with van der Waals surface area (Å²) in [6.45, 7) is 3.84. The molecule has 0 atom stereocenters. The Balaban J connectivity index is 2.42. The largest absolute Gasteiger partial charge is 0.491 e. The molecule has 0 amide bonds. The van der Waals surface area contributed by atoms with Gasteiger partial charge in [0.05, 0.1) is 11.7 Å². The predicted molar refractivity (Wildman–Crippen MR) is 64.9 cm³/mol. The van der Waals surface area contributed by atoms with E-state index in [0.717, 1.165) is 12.1 Å². The average molecular weight is 273 g/mol. The third kappa shape index (κ3) is 3.37. The first-order valence-corrected chi connectivity index (χ1v) is 5.79. The van der Waals surface area contributed by atoms with Crippen LogP contribution in [0, 0.1) is 0 Å². The summed E-state index contributed by atoms with van der Waals surface area (Å²) in [5, 5.41) is 0. The molecule has 1 aliphatic heterocycles. The minimum Gasteiger partial charge on any atom is -0.491 e. The number of halogens is 3. The van der Waals surface area contributed by atoms with Crippen LogP contribution in [0.15, 0.2) is 23.2 Å². The normalized spacial score (nSPS) is 15.4. The molecule has 0 saturated heterocycles. The zero-order valence-electron chi connectivity index (χ0n) is 10.5. The predicted octanol–water partition coefficient (Wildman–Crippen LogP) is 2.30. The molecule has 0 spiro atoms. The standard InChI is InChI=1S/C12H14F3N3O/c1-7(2)19-10-4-8(11-16-6-17-18-11)3-9(5-10)12(13,14)15/h3-5,7,17H,6H2,1-2H3,(H,16,18). The van der Waals surface area contributed by atoms with E-state index in [9.17, 15) is 13.2 Å². The number of nitrogens with one attached hydrogen (secondary N) is 2. The van der Waals surface area contributed by atoms with Gasteiger partial charge >= 0.3 is 6.18 Å². The number of benzene rings is 1. The monoisotopic (exact) mass is 273 g/mol. The number of hydrazine groups is 1. The molecule has 2 rings (SSSR count). The lowest BCUT2D eigenvalue weighted by atomic mass is 10.1. The first-order valence-electron chi connectivity index (χ1n) is 5.79. The summed E-state index contributed by atoms with van der Waals surface area (Å²) in [6, 6.07) is 3.58. The summed E-state index contributed by atoms with van der Waals surface area (Å²) in [7, 11) is 0. The van der Waals surface area contributed by atoms with Crippen LogP contribution in [0.2, 0.25) is 0 Å². The van der Waals surface area contributed by atoms with Gasteiger partial charge in [-0.15, -0.1) is 0 Å². The van der Waals surface area contributed by atoms with Crippen LogP contribution in [0.5, 0.6) is 5.75 Å². The quantitative estimate of drug-likeness (QED) is 0.888. The van der Waals surface area contributed by atoms with Crippen LogP contribution in [-0.4, -0.2) is 18.6 Å². The molecule has 0 aromatic heterocycles. The Morgan fingerprint density at radius 2 is 2.00 bits per heavy atom.